The number of likely N-dealkylation sites (N-methyl/N-ethyl adjacent to an activating group) is 1. The van der Waals surface area contributed by atoms with Crippen LogP contribution in [0.15, 0.2) is 30.3 Å². The fraction of sp³-hybridized carbons (Fsp3) is 0.600. The van der Waals surface area contributed by atoms with E-state index in [-0.39, 0.29) is 0 Å². The summed E-state index contributed by atoms with van der Waals surface area (Å²) in [7, 11) is 0. The number of piperidine rings is 1. The highest BCUT2D eigenvalue weighted by atomic mass is 15.2. The predicted molar refractivity (Wildman–Crippen MR) is 73.3 cm³/mol. The molecule has 1 aliphatic rings. The van der Waals surface area contributed by atoms with Crippen LogP contribution in [0.1, 0.15) is 25.3 Å². The summed E-state index contributed by atoms with van der Waals surface area (Å²) in [6.45, 7) is 6.99. The maximum atomic E-state index is 3.57. The van der Waals surface area contributed by atoms with E-state index in [1.807, 2.05) is 0 Å². The van der Waals surface area contributed by atoms with E-state index in [1.54, 1.807) is 0 Å². The summed E-state index contributed by atoms with van der Waals surface area (Å²) in [5, 5.41) is 3.57. The van der Waals surface area contributed by atoms with E-state index in [9.17, 15) is 0 Å². The molecule has 2 nitrogen and oxygen atoms in total. The number of nitrogens with one attached hydrogen (secondary N) is 1. The van der Waals surface area contributed by atoms with E-state index in [1.165, 1.54) is 44.5 Å². The third-order valence-electron chi connectivity index (χ3n) is 3.56. The lowest BCUT2D eigenvalue weighted by molar-refractivity contribution is 0.194. The Morgan fingerprint density at radius 3 is 2.88 bits per heavy atom. The minimum atomic E-state index is 0.713. The van der Waals surface area contributed by atoms with Crippen molar-refractivity contribution in [2.24, 2.45) is 0 Å². The number of hydrogen-bond donors (Lipinski definition) is 1. The van der Waals surface area contributed by atoms with E-state index >= 15 is 0 Å². The molecule has 1 atom stereocenters. The van der Waals surface area contributed by atoms with Gasteiger partial charge in [-0.2, -0.15) is 0 Å². The van der Waals surface area contributed by atoms with Gasteiger partial charge in [-0.1, -0.05) is 37.3 Å². The Balaban J connectivity index is 1.75. The van der Waals surface area contributed by atoms with Crippen LogP contribution in [-0.4, -0.2) is 37.1 Å². The van der Waals surface area contributed by atoms with Crippen LogP contribution in [0.5, 0.6) is 0 Å². The third-order valence-corrected chi connectivity index (χ3v) is 3.56. The molecule has 1 N–H and O–H groups in total. The first-order valence-corrected chi connectivity index (χ1v) is 6.88. The van der Waals surface area contributed by atoms with Crippen LogP contribution >= 0.6 is 0 Å². The van der Waals surface area contributed by atoms with Gasteiger partial charge in [-0.15, -0.1) is 0 Å². The van der Waals surface area contributed by atoms with Crippen molar-refractivity contribution in [1.29, 1.82) is 0 Å². The maximum absolute atomic E-state index is 3.57. The summed E-state index contributed by atoms with van der Waals surface area (Å²) >= 11 is 0. The van der Waals surface area contributed by atoms with Crippen LogP contribution in [0.2, 0.25) is 0 Å². The van der Waals surface area contributed by atoms with Crippen molar-refractivity contribution in [3.8, 4) is 0 Å². The summed E-state index contributed by atoms with van der Waals surface area (Å²) < 4.78 is 0. The quantitative estimate of drug-likeness (QED) is 0.838. The predicted octanol–water partition coefficient (Wildman–Crippen LogP) is 2.30. The first-order valence-electron chi connectivity index (χ1n) is 6.88. The van der Waals surface area contributed by atoms with E-state index < -0.39 is 0 Å². The molecule has 0 aliphatic carbocycles. The topological polar surface area (TPSA) is 15.3 Å². The number of likely N-dealkylation sites (tertiary alicyclic amines) is 1. The standard InChI is InChI=1S/C15H24N2/c1-2-16-15-9-6-11-17(13-15)12-10-14-7-4-3-5-8-14/h3-5,7-8,15-16H,2,6,9-13H2,1H3. The summed E-state index contributed by atoms with van der Waals surface area (Å²) in [5.74, 6) is 0. The Morgan fingerprint density at radius 1 is 1.29 bits per heavy atom. The molecule has 1 aromatic rings. The first kappa shape index (κ1) is 12.6. The zero-order valence-electron chi connectivity index (χ0n) is 10.9. The monoisotopic (exact) mass is 232 g/mol. The van der Waals surface area contributed by atoms with E-state index in [0.717, 1.165) is 6.54 Å². The van der Waals surface area contributed by atoms with Crippen molar-refractivity contribution in [3.05, 3.63) is 35.9 Å². The van der Waals surface area contributed by atoms with Crippen molar-refractivity contribution in [1.82, 2.24) is 10.2 Å². The summed E-state index contributed by atoms with van der Waals surface area (Å²) in [6, 6.07) is 11.5. The molecular formula is C15H24N2. The molecule has 0 saturated carbocycles. The Hall–Kier alpha value is -0.860. The lowest BCUT2D eigenvalue weighted by atomic mass is 10.0. The van der Waals surface area contributed by atoms with Gasteiger partial charge in [0, 0.05) is 19.1 Å². The van der Waals surface area contributed by atoms with Crippen LogP contribution in [-0.2, 0) is 6.42 Å². The van der Waals surface area contributed by atoms with Crippen LogP contribution in [0.25, 0.3) is 0 Å². The molecule has 94 valence electrons. The lowest BCUT2D eigenvalue weighted by Crippen LogP contribution is -2.46. The summed E-state index contributed by atoms with van der Waals surface area (Å²) in [5.41, 5.74) is 1.46. The molecule has 1 unspecified atom stereocenters. The molecule has 2 rings (SSSR count). The average Bonchev–Trinajstić information content (AvgIpc) is 2.39. The van der Waals surface area contributed by atoms with Crippen molar-refractivity contribution in [2.75, 3.05) is 26.2 Å². The largest absolute Gasteiger partial charge is 0.313 e. The second-order valence-corrected chi connectivity index (χ2v) is 4.93. The number of benzene rings is 1. The van der Waals surface area contributed by atoms with Gasteiger partial charge in [0.25, 0.3) is 0 Å². The first-order chi connectivity index (χ1) is 8.38. The highest BCUT2D eigenvalue weighted by molar-refractivity contribution is 5.14. The Morgan fingerprint density at radius 2 is 2.12 bits per heavy atom. The highest BCUT2D eigenvalue weighted by Gasteiger charge is 2.18. The molecule has 0 amide bonds. The molecule has 1 aromatic carbocycles. The lowest BCUT2D eigenvalue weighted by Gasteiger charge is -2.33. The number of nitrogens with zero attached hydrogens (tertiary/aromatic N) is 1. The zero-order chi connectivity index (χ0) is 11.9. The van der Waals surface area contributed by atoms with Crippen LogP contribution in [0.4, 0.5) is 0 Å². The molecule has 0 bridgehead atoms. The van der Waals surface area contributed by atoms with Crippen molar-refractivity contribution >= 4 is 0 Å². The molecule has 1 aliphatic heterocycles. The number of rotatable bonds is 5. The SMILES string of the molecule is CCNC1CCCN(CCc2ccccc2)C1. The minimum Gasteiger partial charge on any atom is -0.313 e. The Labute approximate surface area is 105 Å². The van der Waals surface area contributed by atoms with Gasteiger partial charge in [0.1, 0.15) is 0 Å². The fourth-order valence-corrected chi connectivity index (χ4v) is 2.65. The summed E-state index contributed by atoms with van der Waals surface area (Å²) in [4.78, 5) is 2.60. The van der Waals surface area contributed by atoms with E-state index in [2.05, 4.69) is 47.5 Å². The van der Waals surface area contributed by atoms with E-state index in [0.29, 0.717) is 6.04 Å². The minimum absolute atomic E-state index is 0.713. The van der Waals surface area contributed by atoms with Gasteiger partial charge in [0.05, 0.1) is 0 Å². The fourth-order valence-electron chi connectivity index (χ4n) is 2.65. The van der Waals surface area contributed by atoms with Crippen LogP contribution in [0, 0.1) is 0 Å². The van der Waals surface area contributed by atoms with Gasteiger partial charge in [-0.05, 0) is 37.9 Å². The van der Waals surface area contributed by atoms with Gasteiger partial charge in [0.15, 0.2) is 0 Å². The molecule has 17 heavy (non-hydrogen) atoms. The maximum Gasteiger partial charge on any atom is 0.0195 e. The van der Waals surface area contributed by atoms with Gasteiger partial charge < -0.3 is 10.2 Å². The van der Waals surface area contributed by atoms with Gasteiger partial charge in [-0.3, -0.25) is 0 Å². The summed E-state index contributed by atoms with van der Waals surface area (Å²) in [6.07, 6.45) is 3.86. The molecule has 0 radical (unpaired) electrons. The second-order valence-electron chi connectivity index (χ2n) is 4.93. The van der Waals surface area contributed by atoms with E-state index in [4.69, 9.17) is 0 Å². The Kier molecular flexibility index (Phi) is 5.02. The molecule has 0 aromatic heterocycles. The Bertz CT molecular complexity index is 308. The van der Waals surface area contributed by atoms with Gasteiger partial charge >= 0.3 is 0 Å². The van der Waals surface area contributed by atoms with Crippen molar-refractivity contribution in [2.45, 2.75) is 32.2 Å². The van der Waals surface area contributed by atoms with Gasteiger partial charge in [0.2, 0.25) is 0 Å². The second kappa shape index (κ2) is 6.77. The molecule has 1 heterocycles. The van der Waals surface area contributed by atoms with Crippen molar-refractivity contribution < 1.29 is 0 Å². The molecule has 1 fully saturated rings. The molecule has 2 heteroatoms. The zero-order valence-corrected chi connectivity index (χ0v) is 10.9. The van der Waals surface area contributed by atoms with Crippen LogP contribution in [0.3, 0.4) is 0 Å². The van der Waals surface area contributed by atoms with Crippen LogP contribution < -0.4 is 5.32 Å². The molecular weight excluding hydrogens is 208 g/mol. The number of hydrogen-bond acceptors (Lipinski definition) is 2. The molecule has 1 saturated heterocycles. The smallest absolute Gasteiger partial charge is 0.0195 e. The third kappa shape index (κ3) is 4.14. The highest BCUT2D eigenvalue weighted by Crippen LogP contribution is 2.11. The molecule has 0 spiro atoms. The normalized spacial score (nSPS) is 21.6. The van der Waals surface area contributed by atoms with Crippen molar-refractivity contribution in [3.63, 3.8) is 0 Å². The average molecular weight is 232 g/mol. The van der Waals surface area contributed by atoms with Gasteiger partial charge in [-0.25, -0.2) is 0 Å².